The zero-order chi connectivity index (χ0) is 16.5. The second-order valence-corrected chi connectivity index (χ2v) is 6.34. The van der Waals surface area contributed by atoms with Gasteiger partial charge >= 0.3 is 0 Å². The number of benzene rings is 1. The maximum atomic E-state index is 12.6. The van der Waals surface area contributed by atoms with Crippen LogP contribution in [0.1, 0.15) is 36.7 Å². The summed E-state index contributed by atoms with van der Waals surface area (Å²) in [5.41, 5.74) is 3.19. The van der Waals surface area contributed by atoms with E-state index in [1.54, 1.807) is 12.7 Å². The van der Waals surface area contributed by atoms with Gasteiger partial charge in [0.1, 0.15) is 18.5 Å². The van der Waals surface area contributed by atoms with E-state index >= 15 is 0 Å². The molecule has 1 N–H and O–H groups in total. The second kappa shape index (κ2) is 6.07. The van der Waals surface area contributed by atoms with Crippen LogP contribution in [-0.2, 0) is 11.3 Å². The molecule has 0 unspecified atom stereocenters. The van der Waals surface area contributed by atoms with Gasteiger partial charge in [-0.2, -0.15) is 0 Å². The van der Waals surface area contributed by atoms with Gasteiger partial charge in [-0.15, -0.1) is 10.2 Å². The van der Waals surface area contributed by atoms with Crippen LogP contribution in [0, 0.1) is 6.92 Å². The average Bonchev–Trinajstić information content (AvgIpc) is 3.30. The summed E-state index contributed by atoms with van der Waals surface area (Å²) in [5.74, 6) is 1.05. The lowest BCUT2D eigenvalue weighted by molar-refractivity contribution is -0.132. The molecule has 0 saturated carbocycles. The van der Waals surface area contributed by atoms with Crippen LogP contribution in [0.5, 0.6) is 0 Å². The normalized spacial score (nSPS) is 17.7. The van der Waals surface area contributed by atoms with Crippen molar-refractivity contribution in [3.8, 4) is 0 Å². The van der Waals surface area contributed by atoms with Crippen LogP contribution >= 0.6 is 0 Å². The molecule has 1 aliphatic heterocycles. The summed E-state index contributed by atoms with van der Waals surface area (Å²) >= 11 is 0. The van der Waals surface area contributed by atoms with E-state index in [1.807, 2.05) is 15.5 Å². The summed E-state index contributed by atoms with van der Waals surface area (Å²) in [4.78, 5) is 22.7. The Hall–Kier alpha value is -2.70. The molecule has 0 bridgehead atoms. The summed E-state index contributed by atoms with van der Waals surface area (Å²) in [5, 5.41) is 7.53. The highest BCUT2D eigenvalue weighted by atomic mass is 16.2. The zero-order valence-electron chi connectivity index (χ0n) is 13.6. The first-order valence-electron chi connectivity index (χ1n) is 8.29. The molecule has 24 heavy (non-hydrogen) atoms. The van der Waals surface area contributed by atoms with Crippen molar-refractivity contribution in [3.63, 3.8) is 0 Å². The molecule has 124 valence electrons. The quantitative estimate of drug-likeness (QED) is 0.798. The molecule has 1 aliphatic rings. The molecule has 3 heterocycles. The van der Waals surface area contributed by atoms with Gasteiger partial charge in [0.25, 0.3) is 0 Å². The molecule has 1 fully saturated rings. The Kier molecular flexibility index (Phi) is 3.76. The lowest BCUT2D eigenvalue weighted by atomic mass is 10.2. The first kappa shape index (κ1) is 14.9. The largest absolute Gasteiger partial charge is 0.340 e. The van der Waals surface area contributed by atoms with E-state index in [-0.39, 0.29) is 11.9 Å². The third-order valence-electron chi connectivity index (χ3n) is 4.59. The van der Waals surface area contributed by atoms with Gasteiger partial charge in [0.15, 0.2) is 0 Å². The van der Waals surface area contributed by atoms with Crippen LogP contribution in [-0.4, -0.2) is 42.1 Å². The highest BCUT2D eigenvalue weighted by Gasteiger charge is 2.31. The first-order valence-corrected chi connectivity index (χ1v) is 8.29. The summed E-state index contributed by atoms with van der Waals surface area (Å²) < 4.78 is 1.83. The van der Waals surface area contributed by atoms with Gasteiger partial charge in [0.05, 0.1) is 17.1 Å². The maximum absolute atomic E-state index is 12.6. The van der Waals surface area contributed by atoms with Crippen LogP contribution < -0.4 is 0 Å². The average molecular weight is 324 g/mol. The molecule has 4 rings (SSSR count). The van der Waals surface area contributed by atoms with Crippen molar-refractivity contribution in [2.75, 3.05) is 6.54 Å². The predicted octanol–water partition coefficient (Wildman–Crippen LogP) is 2.22. The number of amides is 1. The summed E-state index contributed by atoms with van der Waals surface area (Å²) in [7, 11) is 0. The SMILES string of the molecule is Cc1ccc2nc([C@H]3CCCN3C(=O)CCn3cnnc3)[nH]c2c1. The standard InChI is InChI=1S/C17H20N6O/c1-12-4-5-13-14(9-12)21-17(20-13)15-3-2-7-23(15)16(24)6-8-22-10-18-19-11-22/h4-5,9-11,15H,2-3,6-8H2,1H3,(H,20,21)/t15-/m1/s1. The third kappa shape index (κ3) is 2.77. The molecular weight excluding hydrogens is 304 g/mol. The minimum atomic E-state index is 0.0473. The van der Waals surface area contributed by atoms with Gasteiger partial charge in [-0.1, -0.05) is 6.07 Å². The monoisotopic (exact) mass is 324 g/mol. The van der Waals surface area contributed by atoms with Crippen molar-refractivity contribution >= 4 is 16.9 Å². The second-order valence-electron chi connectivity index (χ2n) is 6.34. The smallest absolute Gasteiger partial charge is 0.224 e. The number of aromatic nitrogens is 5. The molecule has 3 aromatic rings. The number of nitrogens with one attached hydrogen (secondary N) is 1. The van der Waals surface area contributed by atoms with Crippen LogP contribution in [0.2, 0.25) is 0 Å². The Bertz CT molecular complexity index is 853. The molecule has 7 heteroatoms. The van der Waals surface area contributed by atoms with Crippen molar-refractivity contribution < 1.29 is 4.79 Å². The Balaban J connectivity index is 1.51. The highest BCUT2D eigenvalue weighted by molar-refractivity contribution is 5.78. The van der Waals surface area contributed by atoms with E-state index < -0.39 is 0 Å². The first-order chi connectivity index (χ1) is 11.7. The predicted molar refractivity (Wildman–Crippen MR) is 89.2 cm³/mol. The van der Waals surface area contributed by atoms with Gasteiger partial charge in [-0.25, -0.2) is 4.98 Å². The maximum Gasteiger partial charge on any atom is 0.224 e. The number of aromatic amines is 1. The van der Waals surface area contributed by atoms with Crippen LogP contribution in [0.4, 0.5) is 0 Å². The molecule has 1 saturated heterocycles. The number of fused-ring (bicyclic) bond motifs is 1. The van der Waals surface area contributed by atoms with Crippen LogP contribution in [0.25, 0.3) is 11.0 Å². The molecular formula is C17H20N6O. The number of hydrogen-bond acceptors (Lipinski definition) is 4. The molecule has 1 atom stereocenters. The van der Waals surface area contributed by atoms with Crippen molar-refractivity contribution in [2.24, 2.45) is 0 Å². The highest BCUT2D eigenvalue weighted by Crippen LogP contribution is 2.32. The third-order valence-corrected chi connectivity index (χ3v) is 4.59. The Morgan fingerprint density at radius 1 is 1.33 bits per heavy atom. The Labute approximate surface area is 139 Å². The Morgan fingerprint density at radius 3 is 3.00 bits per heavy atom. The molecule has 2 aromatic heterocycles. The van der Waals surface area contributed by atoms with E-state index in [9.17, 15) is 4.79 Å². The minimum absolute atomic E-state index is 0.0473. The molecule has 0 radical (unpaired) electrons. The van der Waals surface area contributed by atoms with E-state index in [0.29, 0.717) is 13.0 Å². The fourth-order valence-electron chi connectivity index (χ4n) is 3.36. The van der Waals surface area contributed by atoms with Crippen LogP contribution in [0.15, 0.2) is 30.9 Å². The lowest BCUT2D eigenvalue weighted by Crippen LogP contribution is -2.31. The fourth-order valence-corrected chi connectivity index (χ4v) is 3.36. The van der Waals surface area contributed by atoms with E-state index in [4.69, 9.17) is 4.98 Å². The number of aryl methyl sites for hydroxylation is 2. The van der Waals surface area contributed by atoms with E-state index in [2.05, 4.69) is 34.2 Å². The van der Waals surface area contributed by atoms with Crippen molar-refractivity contribution in [2.45, 2.75) is 38.8 Å². The number of carbonyl (C=O) groups is 1. The fraction of sp³-hybridized carbons (Fsp3) is 0.412. The van der Waals surface area contributed by atoms with Gasteiger partial charge in [-0.3, -0.25) is 4.79 Å². The van der Waals surface area contributed by atoms with Crippen molar-refractivity contribution in [1.82, 2.24) is 29.6 Å². The number of H-pyrrole nitrogens is 1. The zero-order valence-corrected chi connectivity index (χ0v) is 13.6. The number of rotatable bonds is 4. The molecule has 7 nitrogen and oxygen atoms in total. The number of imidazole rings is 1. The van der Waals surface area contributed by atoms with Crippen molar-refractivity contribution in [3.05, 3.63) is 42.2 Å². The van der Waals surface area contributed by atoms with Crippen molar-refractivity contribution in [1.29, 1.82) is 0 Å². The van der Waals surface area contributed by atoms with E-state index in [1.165, 1.54) is 5.56 Å². The van der Waals surface area contributed by atoms with Gasteiger partial charge in [-0.05, 0) is 37.5 Å². The molecule has 1 amide bonds. The number of carbonyl (C=O) groups excluding carboxylic acids is 1. The number of likely N-dealkylation sites (tertiary alicyclic amines) is 1. The van der Waals surface area contributed by atoms with Gasteiger partial charge in [0.2, 0.25) is 5.91 Å². The van der Waals surface area contributed by atoms with Crippen LogP contribution in [0.3, 0.4) is 0 Å². The topological polar surface area (TPSA) is 79.7 Å². The Morgan fingerprint density at radius 2 is 2.17 bits per heavy atom. The lowest BCUT2D eigenvalue weighted by Gasteiger charge is -2.23. The van der Waals surface area contributed by atoms with Gasteiger partial charge in [0, 0.05) is 19.5 Å². The minimum Gasteiger partial charge on any atom is -0.340 e. The van der Waals surface area contributed by atoms with E-state index in [0.717, 1.165) is 36.2 Å². The molecule has 0 spiro atoms. The summed E-state index contributed by atoms with van der Waals surface area (Å²) in [6, 6.07) is 6.23. The number of hydrogen-bond donors (Lipinski definition) is 1. The van der Waals surface area contributed by atoms with Gasteiger partial charge < -0.3 is 14.5 Å². The molecule has 0 aliphatic carbocycles. The summed E-state index contributed by atoms with van der Waals surface area (Å²) in [6.45, 7) is 3.46. The number of nitrogens with zero attached hydrogens (tertiary/aromatic N) is 5. The molecule has 1 aromatic carbocycles. The summed E-state index contributed by atoms with van der Waals surface area (Å²) in [6.07, 6.45) is 5.69.